The molecule has 32 heavy (non-hydrogen) atoms. The van der Waals surface area contributed by atoms with Crippen LogP contribution in [0.15, 0.2) is 29.2 Å². The second-order valence-corrected chi connectivity index (χ2v) is 10.7. The first-order chi connectivity index (χ1) is 15.4. The zero-order valence-electron chi connectivity index (χ0n) is 18.2. The van der Waals surface area contributed by atoms with Crippen molar-refractivity contribution in [2.75, 3.05) is 69.2 Å². The minimum absolute atomic E-state index is 0.223. The summed E-state index contributed by atoms with van der Waals surface area (Å²) < 4.78 is 36.5. The monoisotopic (exact) mass is 474 g/mol. The molecule has 0 saturated carbocycles. The minimum Gasteiger partial charge on any atom is -0.354 e. The molecular formula is C20H26N8O2S2. The molecule has 0 amide bonds. The number of benzene rings is 1. The van der Waals surface area contributed by atoms with Gasteiger partial charge in [0.2, 0.25) is 16.0 Å². The first kappa shape index (κ1) is 21.4. The molecule has 10 nitrogen and oxygen atoms in total. The third-order valence-corrected chi connectivity index (χ3v) is 8.52. The molecule has 2 fully saturated rings. The van der Waals surface area contributed by atoms with Gasteiger partial charge >= 0.3 is 0 Å². The third kappa shape index (κ3) is 4.03. The Bertz CT molecular complexity index is 1220. The van der Waals surface area contributed by atoms with Crippen LogP contribution in [0.5, 0.6) is 0 Å². The summed E-state index contributed by atoms with van der Waals surface area (Å²) in [6.45, 7) is 7.70. The molecule has 3 aromatic rings. The predicted molar refractivity (Wildman–Crippen MR) is 125 cm³/mol. The summed E-state index contributed by atoms with van der Waals surface area (Å²) in [4.78, 5) is 16.4. The summed E-state index contributed by atoms with van der Waals surface area (Å²) in [6.07, 6.45) is 0. The van der Waals surface area contributed by atoms with E-state index in [0.29, 0.717) is 43.2 Å². The highest BCUT2D eigenvalue weighted by molar-refractivity contribution is 7.89. The van der Waals surface area contributed by atoms with Gasteiger partial charge < -0.3 is 14.7 Å². The van der Waals surface area contributed by atoms with E-state index in [2.05, 4.69) is 35.5 Å². The van der Waals surface area contributed by atoms with Gasteiger partial charge in [-0.2, -0.15) is 18.0 Å². The van der Waals surface area contributed by atoms with Crippen LogP contribution in [-0.2, 0) is 10.0 Å². The lowest BCUT2D eigenvalue weighted by Crippen LogP contribution is -2.49. The van der Waals surface area contributed by atoms with E-state index in [1.807, 2.05) is 13.0 Å². The number of sulfonamides is 1. The highest BCUT2D eigenvalue weighted by atomic mass is 32.2. The minimum atomic E-state index is -3.65. The topological polar surface area (TPSA) is 98.7 Å². The molecule has 4 heterocycles. The molecule has 0 spiro atoms. The van der Waals surface area contributed by atoms with Crippen molar-refractivity contribution in [3.63, 3.8) is 0 Å². The van der Waals surface area contributed by atoms with Crippen LogP contribution < -0.4 is 9.80 Å². The van der Waals surface area contributed by atoms with Crippen molar-refractivity contribution in [2.45, 2.75) is 11.8 Å². The van der Waals surface area contributed by atoms with Crippen LogP contribution in [0, 0.1) is 6.92 Å². The van der Waals surface area contributed by atoms with Crippen molar-refractivity contribution in [1.29, 1.82) is 0 Å². The maximum Gasteiger partial charge on any atom is 0.245 e. The number of rotatable bonds is 4. The molecule has 0 unspecified atom stereocenters. The highest BCUT2D eigenvalue weighted by Crippen LogP contribution is 2.26. The molecule has 1 aromatic carbocycles. The SMILES string of the molecule is Cc1cc(N2CCN(C)CC2)nc(N2CCN(S(=O)(=O)c3cccc4nsnc34)CC2)n1. The second kappa shape index (κ2) is 8.50. The Hall–Kier alpha value is -2.41. The number of anilines is 2. The largest absolute Gasteiger partial charge is 0.354 e. The average molecular weight is 475 g/mol. The molecule has 12 heteroatoms. The number of hydrogen-bond donors (Lipinski definition) is 0. The molecule has 0 radical (unpaired) electrons. The Kier molecular flexibility index (Phi) is 5.70. The first-order valence-electron chi connectivity index (χ1n) is 10.7. The Morgan fingerprint density at radius 3 is 2.38 bits per heavy atom. The van der Waals surface area contributed by atoms with E-state index >= 15 is 0 Å². The second-order valence-electron chi connectivity index (χ2n) is 8.24. The van der Waals surface area contributed by atoms with Crippen LogP contribution in [0.1, 0.15) is 5.69 Å². The Morgan fingerprint density at radius 2 is 1.62 bits per heavy atom. The standard InChI is InChI=1S/C20H26N8O2S2/c1-15-14-18(26-8-6-25(2)7-9-26)22-20(21-15)27-10-12-28(13-11-27)32(29,30)17-5-3-4-16-19(17)24-31-23-16/h3-5,14H,6-13H2,1-2H3. The van der Waals surface area contributed by atoms with Crippen LogP contribution in [0.4, 0.5) is 11.8 Å². The van der Waals surface area contributed by atoms with Gasteiger partial charge in [0.15, 0.2) is 0 Å². The van der Waals surface area contributed by atoms with Gasteiger partial charge in [0.05, 0.1) is 11.7 Å². The van der Waals surface area contributed by atoms with Crippen LogP contribution in [0.2, 0.25) is 0 Å². The molecule has 2 aromatic heterocycles. The van der Waals surface area contributed by atoms with Crippen LogP contribution in [0.3, 0.4) is 0 Å². The maximum atomic E-state index is 13.3. The molecule has 2 aliphatic rings. The molecule has 0 atom stereocenters. The van der Waals surface area contributed by atoms with Gasteiger partial charge in [-0.3, -0.25) is 0 Å². The lowest BCUT2D eigenvalue weighted by molar-refractivity contribution is 0.312. The van der Waals surface area contributed by atoms with E-state index in [-0.39, 0.29) is 4.90 Å². The van der Waals surface area contributed by atoms with E-state index in [1.54, 1.807) is 18.2 Å². The summed E-state index contributed by atoms with van der Waals surface area (Å²) in [7, 11) is -1.51. The smallest absolute Gasteiger partial charge is 0.245 e. The molecule has 0 N–H and O–H groups in total. The fourth-order valence-corrected chi connectivity index (χ4v) is 6.31. The lowest BCUT2D eigenvalue weighted by atomic mass is 10.3. The van der Waals surface area contributed by atoms with Crippen LogP contribution in [-0.4, -0.2) is 95.7 Å². The van der Waals surface area contributed by atoms with E-state index < -0.39 is 10.0 Å². The van der Waals surface area contributed by atoms with Crippen LogP contribution >= 0.6 is 11.7 Å². The third-order valence-electron chi connectivity index (χ3n) is 6.04. The Morgan fingerprint density at radius 1 is 0.906 bits per heavy atom. The number of piperazine rings is 2. The van der Waals surface area contributed by atoms with E-state index in [9.17, 15) is 8.42 Å². The number of fused-ring (bicyclic) bond motifs is 1. The Balaban J connectivity index is 1.32. The molecule has 0 aliphatic carbocycles. The Labute approximate surface area is 191 Å². The molecule has 0 bridgehead atoms. The molecule has 2 saturated heterocycles. The van der Waals surface area contributed by atoms with Crippen molar-refractivity contribution in [2.24, 2.45) is 0 Å². The van der Waals surface area contributed by atoms with Gasteiger partial charge in [0.1, 0.15) is 21.7 Å². The molecular weight excluding hydrogens is 448 g/mol. The quantitative estimate of drug-likeness (QED) is 0.549. The van der Waals surface area contributed by atoms with Crippen molar-refractivity contribution in [3.8, 4) is 0 Å². The lowest BCUT2D eigenvalue weighted by Gasteiger charge is -2.36. The first-order valence-corrected chi connectivity index (χ1v) is 12.8. The molecule has 170 valence electrons. The number of nitrogens with zero attached hydrogens (tertiary/aromatic N) is 8. The number of hydrogen-bond acceptors (Lipinski definition) is 10. The average Bonchev–Trinajstić information content (AvgIpc) is 3.28. The number of aromatic nitrogens is 4. The number of likely N-dealkylation sites (N-methyl/N-ethyl adjacent to an activating group) is 1. The van der Waals surface area contributed by atoms with Crippen molar-refractivity contribution in [3.05, 3.63) is 30.0 Å². The van der Waals surface area contributed by atoms with E-state index in [0.717, 1.165) is 49.4 Å². The van der Waals surface area contributed by atoms with E-state index in [4.69, 9.17) is 4.98 Å². The predicted octanol–water partition coefficient (Wildman–Crippen LogP) is 1.05. The summed E-state index contributed by atoms with van der Waals surface area (Å²) in [5, 5.41) is 0. The zero-order valence-corrected chi connectivity index (χ0v) is 19.8. The fourth-order valence-electron chi connectivity index (χ4n) is 4.13. The van der Waals surface area contributed by atoms with Crippen molar-refractivity contribution in [1.82, 2.24) is 27.9 Å². The highest BCUT2D eigenvalue weighted by Gasteiger charge is 2.31. The van der Waals surface area contributed by atoms with Crippen LogP contribution in [0.25, 0.3) is 11.0 Å². The van der Waals surface area contributed by atoms with Gasteiger partial charge in [-0.1, -0.05) is 6.07 Å². The van der Waals surface area contributed by atoms with E-state index in [1.165, 1.54) is 4.31 Å². The van der Waals surface area contributed by atoms with Gasteiger partial charge in [-0.25, -0.2) is 13.4 Å². The zero-order chi connectivity index (χ0) is 22.3. The fraction of sp³-hybridized carbons (Fsp3) is 0.500. The summed E-state index contributed by atoms with van der Waals surface area (Å²) in [5.41, 5.74) is 1.97. The maximum absolute atomic E-state index is 13.3. The van der Waals surface area contributed by atoms with Gasteiger partial charge in [-0.15, -0.1) is 0 Å². The van der Waals surface area contributed by atoms with Gasteiger partial charge in [-0.05, 0) is 26.1 Å². The molecule has 5 rings (SSSR count). The summed E-state index contributed by atoms with van der Waals surface area (Å²) in [5.74, 6) is 1.61. The normalized spacial score (nSPS) is 19.1. The summed E-state index contributed by atoms with van der Waals surface area (Å²) >= 11 is 1.03. The number of aryl methyl sites for hydroxylation is 1. The van der Waals surface area contributed by atoms with Crippen molar-refractivity contribution >= 4 is 44.6 Å². The van der Waals surface area contributed by atoms with Crippen molar-refractivity contribution < 1.29 is 8.42 Å². The summed E-state index contributed by atoms with van der Waals surface area (Å²) in [6, 6.07) is 7.13. The van der Waals surface area contributed by atoms with Gasteiger partial charge in [0, 0.05) is 64.1 Å². The molecule has 2 aliphatic heterocycles. The van der Waals surface area contributed by atoms with Gasteiger partial charge in [0.25, 0.3) is 0 Å².